The van der Waals surface area contributed by atoms with Gasteiger partial charge in [-0.2, -0.15) is 4.31 Å². The summed E-state index contributed by atoms with van der Waals surface area (Å²) >= 11 is 0. The first-order valence-corrected chi connectivity index (χ1v) is 9.69. The van der Waals surface area contributed by atoms with E-state index < -0.39 is 10.0 Å². The van der Waals surface area contributed by atoms with Gasteiger partial charge in [0.2, 0.25) is 10.0 Å². The van der Waals surface area contributed by atoms with Crippen molar-refractivity contribution >= 4 is 10.0 Å². The first-order valence-electron chi connectivity index (χ1n) is 8.08. The van der Waals surface area contributed by atoms with Crippen molar-refractivity contribution in [2.75, 3.05) is 38.5 Å². The van der Waals surface area contributed by atoms with Crippen LogP contribution < -0.4 is 4.90 Å². The molecule has 2 aliphatic carbocycles. The van der Waals surface area contributed by atoms with Gasteiger partial charge in [-0.05, 0) is 31.1 Å². The van der Waals surface area contributed by atoms with Gasteiger partial charge in [0.1, 0.15) is 0 Å². The highest BCUT2D eigenvalue weighted by atomic mass is 32.2. The molecule has 2 bridgehead atoms. The molecule has 0 amide bonds. The molecule has 2 fully saturated rings. The monoisotopic (exact) mass is 299 g/mol. The molecule has 1 heterocycles. The molecule has 3 aliphatic rings. The zero-order valence-electron chi connectivity index (χ0n) is 12.4. The molecule has 1 saturated carbocycles. The number of nitrogens with zero attached hydrogens (tertiary/aromatic N) is 1. The highest BCUT2D eigenvalue weighted by Crippen LogP contribution is 2.42. The lowest BCUT2D eigenvalue weighted by atomic mass is 9.93. The van der Waals surface area contributed by atoms with E-state index in [-0.39, 0.29) is 0 Å². The predicted octanol–water partition coefficient (Wildman–Crippen LogP) is 0.139. The number of nitrogens with one attached hydrogen (secondary N) is 1. The average Bonchev–Trinajstić information content (AvgIpc) is 3.01. The summed E-state index contributed by atoms with van der Waals surface area (Å²) < 4.78 is 25.8. The number of allylic oxidation sites excluding steroid dienone is 2. The molecular weight excluding hydrogens is 272 g/mol. The fourth-order valence-corrected chi connectivity index (χ4v) is 5.68. The Balaban J connectivity index is 1.48. The zero-order chi connectivity index (χ0) is 14.2. The van der Waals surface area contributed by atoms with Crippen molar-refractivity contribution in [3.05, 3.63) is 12.2 Å². The maximum absolute atomic E-state index is 12.0. The maximum Gasteiger partial charge on any atom is 0.214 e. The highest BCUT2D eigenvalue weighted by Gasteiger charge is 2.38. The minimum atomic E-state index is -2.98. The molecule has 0 radical (unpaired) electrons. The second kappa shape index (κ2) is 5.78. The van der Waals surface area contributed by atoms with E-state index in [1.54, 1.807) is 9.21 Å². The van der Waals surface area contributed by atoms with Gasteiger partial charge in [-0.1, -0.05) is 19.1 Å². The number of quaternary nitrogens is 1. The van der Waals surface area contributed by atoms with Crippen LogP contribution in [0.4, 0.5) is 0 Å². The maximum atomic E-state index is 12.0. The van der Waals surface area contributed by atoms with E-state index in [1.807, 2.05) is 6.92 Å². The molecule has 0 aromatic heterocycles. The molecule has 0 unspecified atom stereocenters. The van der Waals surface area contributed by atoms with E-state index in [2.05, 4.69) is 12.2 Å². The molecular formula is C15H27N2O2S+. The molecule has 0 aromatic rings. The number of hydrogen-bond acceptors (Lipinski definition) is 2. The third-order valence-electron chi connectivity index (χ3n) is 5.25. The van der Waals surface area contributed by atoms with Crippen LogP contribution in [0.5, 0.6) is 0 Å². The molecule has 114 valence electrons. The topological polar surface area (TPSA) is 41.8 Å². The normalized spacial score (nSPS) is 35.0. The molecule has 0 spiro atoms. The first kappa shape index (κ1) is 14.5. The van der Waals surface area contributed by atoms with Crippen LogP contribution in [-0.2, 0) is 10.0 Å². The molecule has 20 heavy (non-hydrogen) atoms. The molecule has 5 heteroatoms. The number of fused-ring (bicyclic) bond motifs is 2. The summed E-state index contributed by atoms with van der Waals surface area (Å²) in [5, 5.41) is 0. The Hall–Kier alpha value is -0.390. The smallest absolute Gasteiger partial charge is 0.214 e. The van der Waals surface area contributed by atoms with E-state index in [1.165, 1.54) is 19.4 Å². The summed E-state index contributed by atoms with van der Waals surface area (Å²) in [5.41, 5.74) is 0. The van der Waals surface area contributed by atoms with Crippen LogP contribution >= 0.6 is 0 Å². The third-order valence-corrected chi connectivity index (χ3v) is 7.33. The summed E-state index contributed by atoms with van der Waals surface area (Å²) in [5.74, 6) is 2.81. The quantitative estimate of drug-likeness (QED) is 0.734. The molecule has 1 saturated heterocycles. The summed E-state index contributed by atoms with van der Waals surface area (Å²) in [4.78, 5) is 1.61. The number of sulfonamides is 1. The standard InChI is InChI=1S/C15H26N2O2S/c1-2-9-20(18,19)17-7-5-16(6-8-17)12-15-11-13-3-4-14(15)10-13/h3-4,13-15H,2,5-12H2,1H3/p+1/t13-,14+,15-/m1/s1. The SMILES string of the molecule is CCCS(=O)(=O)N1CC[NH+](C[C@H]2C[C@@H]3C=C[C@H]2C3)CC1. The van der Waals surface area contributed by atoms with Gasteiger partial charge in [0, 0.05) is 5.92 Å². The highest BCUT2D eigenvalue weighted by molar-refractivity contribution is 7.89. The number of hydrogen-bond donors (Lipinski definition) is 1. The van der Waals surface area contributed by atoms with E-state index in [4.69, 9.17) is 0 Å². The van der Waals surface area contributed by atoms with Crippen molar-refractivity contribution in [2.24, 2.45) is 17.8 Å². The van der Waals surface area contributed by atoms with Gasteiger partial charge < -0.3 is 4.90 Å². The Morgan fingerprint density at radius 1 is 1.20 bits per heavy atom. The minimum Gasteiger partial charge on any atom is -0.333 e. The molecule has 0 aromatic carbocycles. The van der Waals surface area contributed by atoms with Gasteiger partial charge in [-0.15, -0.1) is 0 Å². The fraction of sp³-hybridized carbons (Fsp3) is 0.867. The second-order valence-electron chi connectivity index (χ2n) is 6.71. The predicted molar refractivity (Wildman–Crippen MR) is 80.1 cm³/mol. The number of piperazine rings is 1. The van der Waals surface area contributed by atoms with Crippen LogP contribution in [0.25, 0.3) is 0 Å². The Morgan fingerprint density at radius 2 is 1.95 bits per heavy atom. The Bertz CT molecular complexity index is 466. The van der Waals surface area contributed by atoms with Crippen molar-refractivity contribution in [2.45, 2.75) is 26.2 Å². The molecule has 1 N–H and O–H groups in total. The summed E-state index contributed by atoms with van der Waals surface area (Å²) in [6.07, 6.45) is 8.26. The molecule has 3 rings (SSSR count). The lowest BCUT2D eigenvalue weighted by molar-refractivity contribution is -0.907. The Labute approximate surface area is 122 Å². The second-order valence-corrected chi connectivity index (χ2v) is 8.80. The van der Waals surface area contributed by atoms with Crippen LogP contribution in [0.3, 0.4) is 0 Å². The van der Waals surface area contributed by atoms with Crippen molar-refractivity contribution in [3.63, 3.8) is 0 Å². The van der Waals surface area contributed by atoms with E-state index in [9.17, 15) is 8.42 Å². The van der Waals surface area contributed by atoms with Gasteiger partial charge in [-0.3, -0.25) is 0 Å². The molecule has 3 atom stereocenters. The van der Waals surface area contributed by atoms with Crippen molar-refractivity contribution in [1.29, 1.82) is 0 Å². The first-order chi connectivity index (χ1) is 9.58. The van der Waals surface area contributed by atoms with Gasteiger partial charge in [0.05, 0.1) is 38.5 Å². The lowest BCUT2D eigenvalue weighted by Gasteiger charge is -2.33. The average molecular weight is 299 g/mol. The number of rotatable bonds is 5. The van der Waals surface area contributed by atoms with E-state index >= 15 is 0 Å². The largest absolute Gasteiger partial charge is 0.333 e. The summed E-state index contributed by atoms with van der Waals surface area (Å²) in [6, 6.07) is 0. The van der Waals surface area contributed by atoms with Crippen LogP contribution in [0.2, 0.25) is 0 Å². The van der Waals surface area contributed by atoms with Crippen LogP contribution in [0.15, 0.2) is 12.2 Å². The van der Waals surface area contributed by atoms with Gasteiger partial charge in [0.15, 0.2) is 0 Å². The fourth-order valence-electron chi connectivity index (χ4n) is 4.17. The van der Waals surface area contributed by atoms with Gasteiger partial charge in [0.25, 0.3) is 0 Å². The Kier molecular flexibility index (Phi) is 4.20. The lowest BCUT2D eigenvalue weighted by Crippen LogP contribution is -3.15. The summed E-state index contributed by atoms with van der Waals surface area (Å²) in [6.45, 7) is 6.58. The van der Waals surface area contributed by atoms with E-state index in [0.29, 0.717) is 25.3 Å². The van der Waals surface area contributed by atoms with Crippen LogP contribution in [0.1, 0.15) is 26.2 Å². The Morgan fingerprint density at radius 3 is 2.50 bits per heavy atom. The molecule has 1 aliphatic heterocycles. The van der Waals surface area contributed by atoms with Crippen LogP contribution in [0, 0.1) is 17.8 Å². The zero-order valence-corrected chi connectivity index (χ0v) is 13.2. The van der Waals surface area contributed by atoms with Crippen molar-refractivity contribution in [1.82, 2.24) is 4.31 Å². The minimum absolute atomic E-state index is 0.305. The van der Waals surface area contributed by atoms with Crippen molar-refractivity contribution in [3.8, 4) is 0 Å². The van der Waals surface area contributed by atoms with Gasteiger partial charge in [-0.25, -0.2) is 8.42 Å². The summed E-state index contributed by atoms with van der Waals surface area (Å²) in [7, 11) is -2.98. The third kappa shape index (κ3) is 2.95. The molecule has 4 nitrogen and oxygen atoms in total. The van der Waals surface area contributed by atoms with Crippen LogP contribution in [-0.4, -0.2) is 51.2 Å². The van der Waals surface area contributed by atoms with Crippen molar-refractivity contribution < 1.29 is 13.3 Å². The van der Waals surface area contributed by atoms with E-state index in [0.717, 1.165) is 30.8 Å². The van der Waals surface area contributed by atoms with Gasteiger partial charge >= 0.3 is 0 Å².